The van der Waals surface area contributed by atoms with Gasteiger partial charge in [-0.25, -0.2) is 0 Å². The minimum absolute atomic E-state index is 0.385. The molecule has 3 aliphatic carbocycles. The molecular formula is C28H44O2. The summed E-state index contributed by atoms with van der Waals surface area (Å²) in [5.41, 5.74) is 3.77. The SMILES string of the molecule is C=C1/C(=C\C=C2/CCC[C@]3(C)[C@@H]2CC[C@H]3[C@@H](C)/C=C/[C@@H](C)C(C)C)C[C@H](O)C[C@@H]1O. The van der Waals surface area contributed by atoms with Gasteiger partial charge < -0.3 is 10.2 Å². The second-order valence-electron chi connectivity index (χ2n) is 11.0. The molecule has 30 heavy (non-hydrogen) atoms. The molecule has 3 saturated carbocycles. The molecule has 0 heterocycles. The van der Waals surface area contributed by atoms with Crippen molar-refractivity contribution in [3.8, 4) is 0 Å². The van der Waals surface area contributed by atoms with Crippen molar-refractivity contribution in [3.63, 3.8) is 0 Å². The first-order valence-corrected chi connectivity index (χ1v) is 12.3. The molecule has 0 aromatic rings. The monoisotopic (exact) mass is 412 g/mol. The maximum Gasteiger partial charge on any atom is 0.0811 e. The van der Waals surface area contributed by atoms with Crippen molar-refractivity contribution in [2.45, 2.75) is 91.8 Å². The second kappa shape index (κ2) is 9.57. The molecule has 0 radical (unpaired) electrons. The summed E-state index contributed by atoms with van der Waals surface area (Å²) in [7, 11) is 0. The molecule has 0 saturated heterocycles. The summed E-state index contributed by atoms with van der Waals surface area (Å²) in [6, 6.07) is 0. The summed E-state index contributed by atoms with van der Waals surface area (Å²) in [6.07, 6.45) is 15.8. The van der Waals surface area contributed by atoms with Gasteiger partial charge in [-0.3, -0.25) is 0 Å². The Bertz CT molecular complexity index is 712. The molecular weight excluding hydrogens is 368 g/mol. The number of aliphatic hydroxyl groups excluding tert-OH is 2. The van der Waals surface area contributed by atoms with Gasteiger partial charge in [0.15, 0.2) is 0 Å². The van der Waals surface area contributed by atoms with E-state index < -0.39 is 12.2 Å². The highest BCUT2D eigenvalue weighted by Gasteiger charge is 2.50. The molecule has 3 aliphatic rings. The lowest BCUT2D eigenvalue weighted by Crippen LogP contribution is -2.35. The smallest absolute Gasteiger partial charge is 0.0811 e. The van der Waals surface area contributed by atoms with Gasteiger partial charge in [-0.2, -0.15) is 0 Å². The van der Waals surface area contributed by atoms with Crippen LogP contribution in [0.2, 0.25) is 0 Å². The molecule has 0 aromatic carbocycles. The van der Waals surface area contributed by atoms with Gasteiger partial charge in [0.25, 0.3) is 0 Å². The van der Waals surface area contributed by atoms with Crippen LogP contribution in [0.25, 0.3) is 0 Å². The van der Waals surface area contributed by atoms with Crippen LogP contribution in [0, 0.1) is 35.0 Å². The van der Waals surface area contributed by atoms with Crippen LogP contribution in [0.4, 0.5) is 0 Å². The molecule has 7 atom stereocenters. The maximum atomic E-state index is 10.1. The predicted molar refractivity (Wildman–Crippen MR) is 127 cm³/mol. The van der Waals surface area contributed by atoms with Gasteiger partial charge in [0.05, 0.1) is 12.2 Å². The minimum Gasteiger partial charge on any atom is -0.393 e. The van der Waals surface area contributed by atoms with E-state index in [0.717, 1.165) is 17.1 Å². The Morgan fingerprint density at radius 3 is 2.50 bits per heavy atom. The maximum absolute atomic E-state index is 10.1. The lowest BCUT2D eigenvalue weighted by atomic mass is 9.61. The normalized spacial score (nSPS) is 39.8. The van der Waals surface area contributed by atoms with Crippen molar-refractivity contribution in [1.29, 1.82) is 0 Å². The van der Waals surface area contributed by atoms with Crippen LogP contribution in [-0.2, 0) is 0 Å². The van der Waals surface area contributed by atoms with Crippen LogP contribution in [0.3, 0.4) is 0 Å². The fourth-order valence-electron chi connectivity index (χ4n) is 6.32. The van der Waals surface area contributed by atoms with Crippen molar-refractivity contribution in [3.05, 3.63) is 47.6 Å². The van der Waals surface area contributed by atoms with Crippen molar-refractivity contribution < 1.29 is 10.2 Å². The summed E-state index contributed by atoms with van der Waals surface area (Å²) in [5.74, 6) is 3.38. The predicted octanol–water partition coefficient (Wildman–Crippen LogP) is 6.61. The fraction of sp³-hybridized carbons (Fsp3) is 0.714. The van der Waals surface area contributed by atoms with Gasteiger partial charge in [-0.1, -0.05) is 71.1 Å². The van der Waals surface area contributed by atoms with Crippen molar-refractivity contribution >= 4 is 0 Å². The van der Waals surface area contributed by atoms with Gasteiger partial charge in [0.1, 0.15) is 0 Å². The molecule has 0 unspecified atom stereocenters. The Balaban J connectivity index is 1.76. The number of hydrogen-bond acceptors (Lipinski definition) is 2. The first kappa shape index (κ1) is 23.5. The second-order valence-corrected chi connectivity index (χ2v) is 11.0. The summed E-state index contributed by atoms with van der Waals surface area (Å²) in [4.78, 5) is 0. The molecule has 2 N–H and O–H groups in total. The highest BCUT2D eigenvalue weighted by atomic mass is 16.3. The lowest BCUT2D eigenvalue weighted by Gasteiger charge is -2.44. The van der Waals surface area contributed by atoms with Crippen molar-refractivity contribution in [2.75, 3.05) is 0 Å². The summed E-state index contributed by atoms with van der Waals surface area (Å²) in [6.45, 7) is 16.0. The van der Waals surface area contributed by atoms with Gasteiger partial charge >= 0.3 is 0 Å². The van der Waals surface area contributed by atoms with E-state index in [9.17, 15) is 10.2 Å². The summed E-state index contributed by atoms with van der Waals surface area (Å²) >= 11 is 0. The Hall–Kier alpha value is -1.12. The van der Waals surface area contributed by atoms with Crippen LogP contribution >= 0.6 is 0 Å². The Morgan fingerprint density at radius 2 is 1.80 bits per heavy atom. The van der Waals surface area contributed by atoms with E-state index in [1.54, 1.807) is 5.57 Å². The van der Waals surface area contributed by atoms with E-state index >= 15 is 0 Å². The van der Waals surface area contributed by atoms with Crippen LogP contribution in [-0.4, -0.2) is 22.4 Å². The molecule has 3 rings (SSSR count). The molecule has 0 bridgehead atoms. The van der Waals surface area contributed by atoms with E-state index in [-0.39, 0.29) is 0 Å². The van der Waals surface area contributed by atoms with E-state index in [0.29, 0.717) is 41.9 Å². The van der Waals surface area contributed by atoms with E-state index in [1.165, 1.54) is 32.1 Å². The average molecular weight is 413 g/mol. The van der Waals surface area contributed by atoms with Crippen LogP contribution in [0.5, 0.6) is 0 Å². The molecule has 3 fully saturated rings. The summed E-state index contributed by atoms with van der Waals surface area (Å²) in [5, 5.41) is 20.2. The van der Waals surface area contributed by atoms with E-state index in [4.69, 9.17) is 0 Å². The first-order valence-electron chi connectivity index (χ1n) is 12.3. The Morgan fingerprint density at radius 1 is 1.07 bits per heavy atom. The molecule has 0 amide bonds. The lowest BCUT2D eigenvalue weighted by molar-refractivity contribution is 0.0862. The molecule has 0 aliphatic heterocycles. The highest BCUT2D eigenvalue weighted by molar-refractivity contribution is 5.38. The third-order valence-corrected chi connectivity index (χ3v) is 8.71. The highest BCUT2D eigenvalue weighted by Crippen LogP contribution is 2.59. The third kappa shape index (κ3) is 4.86. The zero-order valence-electron chi connectivity index (χ0n) is 19.9. The van der Waals surface area contributed by atoms with Gasteiger partial charge in [0.2, 0.25) is 0 Å². The van der Waals surface area contributed by atoms with Crippen molar-refractivity contribution in [2.24, 2.45) is 35.0 Å². The van der Waals surface area contributed by atoms with Crippen LogP contribution < -0.4 is 0 Å². The molecule has 0 spiro atoms. The van der Waals surface area contributed by atoms with E-state index in [1.807, 2.05) is 0 Å². The quantitative estimate of drug-likeness (QED) is 0.499. The third-order valence-electron chi connectivity index (χ3n) is 8.71. The van der Waals surface area contributed by atoms with Gasteiger partial charge in [-0.05, 0) is 84.7 Å². The number of hydrogen-bond donors (Lipinski definition) is 2. The number of allylic oxidation sites excluding steroid dienone is 5. The topological polar surface area (TPSA) is 40.5 Å². The number of fused-ring (bicyclic) bond motifs is 1. The Kier molecular flexibility index (Phi) is 7.51. The number of rotatable bonds is 5. The first-order chi connectivity index (χ1) is 14.1. The van der Waals surface area contributed by atoms with Crippen LogP contribution in [0.1, 0.15) is 79.6 Å². The fourth-order valence-corrected chi connectivity index (χ4v) is 6.32. The Labute approximate surface area is 184 Å². The van der Waals surface area contributed by atoms with E-state index in [2.05, 4.69) is 65.5 Å². The largest absolute Gasteiger partial charge is 0.393 e. The molecule has 2 heteroatoms. The van der Waals surface area contributed by atoms with Crippen molar-refractivity contribution in [1.82, 2.24) is 0 Å². The zero-order valence-corrected chi connectivity index (χ0v) is 19.9. The number of aliphatic hydroxyl groups is 2. The summed E-state index contributed by atoms with van der Waals surface area (Å²) < 4.78 is 0. The minimum atomic E-state index is -0.605. The average Bonchev–Trinajstić information content (AvgIpc) is 3.04. The van der Waals surface area contributed by atoms with Gasteiger partial charge in [0, 0.05) is 6.42 Å². The molecule has 0 aromatic heterocycles. The zero-order chi connectivity index (χ0) is 22.1. The molecule has 168 valence electrons. The molecule has 2 nitrogen and oxygen atoms in total. The standard InChI is InChI=1S/C28H44O2/c1-18(2)19(3)9-10-20(4)25-13-14-26-22(8-7-15-28(25,26)6)11-12-23-16-24(29)17-27(30)21(23)5/h9-12,18-20,24-27,29-30H,5,7-8,13-17H2,1-4,6H3/b10-9+,22-11+,23-12-/t19-,20+,24+,25+,26-,27+,28+/m1/s1. The van der Waals surface area contributed by atoms with Gasteiger partial charge in [-0.15, -0.1) is 0 Å². The van der Waals surface area contributed by atoms with Crippen LogP contribution in [0.15, 0.2) is 47.6 Å².